The van der Waals surface area contributed by atoms with Crippen molar-refractivity contribution in [2.24, 2.45) is 0 Å². The Balaban J connectivity index is 1.97. The number of alkyl halides is 3. The highest BCUT2D eigenvalue weighted by Crippen LogP contribution is 2.25. The molecular weight excluding hydrogens is 419 g/mol. The number of carbonyl (C=O) groups is 2. The van der Waals surface area contributed by atoms with Crippen LogP contribution < -0.4 is 4.74 Å². The minimum Gasteiger partial charge on any atom is -0.453 e. The highest BCUT2D eigenvalue weighted by molar-refractivity contribution is 5.68. The fourth-order valence-corrected chi connectivity index (χ4v) is 2.94. The molecule has 1 aliphatic rings. The molecule has 1 aromatic carbocycles. The number of ether oxygens (including phenoxy) is 3. The number of carbonyl (C=O) groups excluding carboxylic acids is 2. The van der Waals surface area contributed by atoms with E-state index in [0.29, 0.717) is 30.9 Å². The lowest BCUT2D eigenvalue weighted by Gasteiger charge is -2.34. The van der Waals surface area contributed by atoms with Crippen molar-refractivity contribution in [1.29, 1.82) is 5.26 Å². The van der Waals surface area contributed by atoms with Crippen LogP contribution in [0.15, 0.2) is 18.2 Å². The summed E-state index contributed by atoms with van der Waals surface area (Å²) in [7, 11) is 0. The van der Waals surface area contributed by atoms with Crippen molar-refractivity contribution in [1.82, 2.24) is 9.80 Å². The van der Waals surface area contributed by atoms with Crippen molar-refractivity contribution < 1.29 is 37.0 Å². The van der Waals surface area contributed by atoms with E-state index in [1.54, 1.807) is 26.0 Å². The van der Waals surface area contributed by atoms with Gasteiger partial charge in [-0.2, -0.15) is 18.4 Å². The number of halogens is 3. The van der Waals surface area contributed by atoms with E-state index in [1.807, 2.05) is 11.0 Å². The normalized spacial score (nSPS) is 16.2. The molecule has 1 heterocycles. The zero-order valence-electron chi connectivity index (χ0n) is 17.4. The number of nitrogens with zero attached hydrogens (tertiary/aromatic N) is 3. The number of rotatable bonds is 7. The van der Waals surface area contributed by atoms with Crippen molar-refractivity contribution in [3.05, 3.63) is 29.3 Å². The van der Waals surface area contributed by atoms with Gasteiger partial charge in [0.2, 0.25) is 5.79 Å². The van der Waals surface area contributed by atoms with Gasteiger partial charge in [-0.15, -0.1) is 0 Å². The predicted octanol–water partition coefficient (Wildman–Crippen LogP) is 3.05. The second-order valence-electron chi connectivity index (χ2n) is 7.52. The third-order valence-corrected chi connectivity index (χ3v) is 4.57. The van der Waals surface area contributed by atoms with Crippen molar-refractivity contribution in [3.63, 3.8) is 0 Å². The van der Waals surface area contributed by atoms with Crippen molar-refractivity contribution >= 4 is 12.6 Å². The Bertz CT molecular complexity index is 830. The maximum absolute atomic E-state index is 12.6. The average Bonchev–Trinajstić information content (AvgIpc) is 2.67. The maximum Gasteiger partial charge on any atom is 0.425 e. The van der Waals surface area contributed by atoms with Gasteiger partial charge in [0.05, 0.1) is 11.6 Å². The summed E-state index contributed by atoms with van der Waals surface area (Å²) in [4.78, 5) is 25.7. The van der Waals surface area contributed by atoms with Gasteiger partial charge in [-0.1, -0.05) is 0 Å². The van der Waals surface area contributed by atoms with E-state index < -0.39 is 24.2 Å². The first-order valence-corrected chi connectivity index (χ1v) is 9.52. The van der Waals surface area contributed by atoms with Crippen molar-refractivity contribution in [2.75, 3.05) is 26.2 Å². The van der Waals surface area contributed by atoms with Crippen LogP contribution in [0.3, 0.4) is 0 Å². The minimum absolute atomic E-state index is 0.213. The first-order chi connectivity index (χ1) is 14.4. The van der Waals surface area contributed by atoms with E-state index in [9.17, 15) is 28.0 Å². The molecule has 0 bridgehead atoms. The molecule has 0 aromatic heterocycles. The van der Waals surface area contributed by atoms with Gasteiger partial charge in [0, 0.05) is 46.6 Å². The molecule has 8 nitrogen and oxygen atoms in total. The van der Waals surface area contributed by atoms with Gasteiger partial charge in [0.25, 0.3) is 6.47 Å². The number of piperazine rings is 1. The minimum atomic E-state index is -4.60. The average molecular weight is 443 g/mol. The molecule has 31 heavy (non-hydrogen) atoms. The van der Waals surface area contributed by atoms with E-state index in [-0.39, 0.29) is 19.6 Å². The molecule has 1 fully saturated rings. The Morgan fingerprint density at radius 2 is 1.87 bits per heavy atom. The summed E-state index contributed by atoms with van der Waals surface area (Å²) in [6.07, 6.45) is -7.77. The van der Waals surface area contributed by atoms with Crippen LogP contribution in [-0.4, -0.2) is 66.6 Å². The zero-order valence-corrected chi connectivity index (χ0v) is 17.4. The van der Waals surface area contributed by atoms with E-state index in [1.165, 1.54) is 11.0 Å². The Hall–Kier alpha value is -3.00. The molecule has 0 spiro atoms. The molecule has 0 aliphatic carbocycles. The molecule has 1 saturated heterocycles. The molecular formula is C20H24F3N3O5. The van der Waals surface area contributed by atoms with Crippen LogP contribution in [-0.2, 0) is 20.8 Å². The van der Waals surface area contributed by atoms with Gasteiger partial charge in [0.1, 0.15) is 5.75 Å². The summed E-state index contributed by atoms with van der Waals surface area (Å²) in [5, 5.41) is 9.27. The van der Waals surface area contributed by atoms with Crippen LogP contribution in [0, 0.1) is 11.3 Å². The molecule has 1 amide bonds. The van der Waals surface area contributed by atoms with Crippen LogP contribution in [0.5, 0.6) is 5.75 Å². The molecule has 1 unspecified atom stereocenters. The summed E-state index contributed by atoms with van der Waals surface area (Å²) < 4.78 is 52.7. The molecule has 11 heteroatoms. The van der Waals surface area contributed by atoms with Crippen LogP contribution >= 0.6 is 0 Å². The molecule has 1 aliphatic heterocycles. The fourth-order valence-electron chi connectivity index (χ4n) is 2.94. The highest BCUT2D eigenvalue weighted by atomic mass is 19.4. The summed E-state index contributed by atoms with van der Waals surface area (Å²) in [6, 6.07) is 6.97. The van der Waals surface area contributed by atoms with Crippen LogP contribution in [0.25, 0.3) is 0 Å². The lowest BCUT2D eigenvalue weighted by atomic mass is 10.1. The summed E-state index contributed by atoms with van der Waals surface area (Å²) >= 11 is 0. The number of nitriles is 1. The Kier molecular flexibility index (Phi) is 7.73. The van der Waals surface area contributed by atoms with Gasteiger partial charge < -0.3 is 19.1 Å². The van der Waals surface area contributed by atoms with E-state index in [4.69, 9.17) is 9.47 Å². The summed E-state index contributed by atoms with van der Waals surface area (Å²) in [6.45, 7) is 5.87. The zero-order chi connectivity index (χ0) is 23.2. The first kappa shape index (κ1) is 24.3. The van der Waals surface area contributed by atoms with Crippen molar-refractivity contribution in [3.8, 4) is 11.8 Å². The van der Waals surface area contributed by atoms with Crippen LogP contribution in [0.4, 0.5) is 18.0 Å². The van der Waals surface area contributed by atoms with E-state index in [2.05, 4.69) is 4.74 Å². The number of hydrogen-bond donors (Lipinski definition) is 0. The Morgan fingerprint density at radius 1 is 1.23 bits per heavy atom. The van der Waals surface area contributed by atoms with Gasteiger partial charge in [-0.05, 0) is 30.7 Å². The van der Waals surface area contributed by atoms with Gasteiger partial charge in [-0.25, -0.2) is 4.79 Å². The first-order valence-electron chi connectivity index (χ1n) is 9.52. The fraction of sp³-hybridized carbons (Fsp3) is 0.550. The molecule has 2 rings (SSSR count). The highest BCUT2D eigenvalue weighted by Gasteiger charge is 2.40. The quantitative estimate of drug-likeness (QED) is 0.472. The van der Waals surface area contributed by atoms with Gasteiger partial charge in [0.15, 0.2) is 6.10 Å². The predicted molar refractivity (Wildman–Crippen MR) is 102 cm³/mol. The lowest BCUT2D eigenvalue weighted by molar-refractivity contribution is -0.200. The topological polar surface area (TPSA) is 92.1 Å². The van der Waals surface area contributed by atoms with Crippen molar-refractivity contribution in [2.45, 2.75) is 45.4 Å². The summed E-state index contributed by atoms with van der Waals surface area (Å²) in [5.74, 6) is -0.864. The molecule has 0 radical (unpaired) electrons. The van der Waals surface area contributed by atoms with E-state index in [0.717, 1.165) is 12.5 Å². The largest absolute Gasteiger partial charge is 0.453 e. The van der Waals surface area contributed by atoms with Gasteiger partial charge in [-0.3, -0.25) is 9.69 Å². The SMILES string of the molecule is CC(OC(=O)N1CCN(Cc2cc(C#N)cc(OC(C)(C)OC=O)c2)CC1)C(F)(F)F. The monoisotopic (exact) mass is 443 g/mol. The van der Waals surface area contributed by atoms with E-state index >= 15 is 0 Å². The second-order valence-corrected chi connectivity index (χ2v) is 7.52. The third-order valence-electron chi connectivity index (χ3n) is 4.57. The Labute approximate surface area is 178 Å². The molecule has 0 N–H and O–H groups in total. The number of benzene rings is 1. The molecule has 1 atom stereocenters. The second kappa shape index (κ2) is 9.87. The standard InChI is InChI=1S/C20H24F3N3O5/c1-14(20(21,22)23)30-18(28)26-6-4-25(5-7-26)12-16-8-15(11-24)9-17(10-16)31-19(2,3)29-13-27/h8-10,13-14H,4-7,12H2,1-3H3. The molecule has 1 aromatic rings. The smallest absolute Gasteiger partial charge is 0.425 e. The number of amides is 1. The van der Waals surface area contributed by atoms with Crippen LogP contribution in [0.2, 0.25) is 0 Å². The molecule has 0 saturated carbocycles. The maximum atomic E-state index is 12.6. The lowest BCUT2D eigenvalue weighted by Crippen LogP contribution is -2.49. The number of hydrogen-bond acceptors (Lipinski definition) is 7. The van der Waals surface area contributed by atoms with Gasteiger partial charge >= 0.3 is 12.3 Å². The molecule has 170 valence electrons. The summed E-state index contributed by atoms with van der Waals surface area (Å²) in [5.41, 5.74) is 1.12. The van der Waals surface area contributed by atoms with Crippen LogP contribution in [0.1, 0.15) is 31.9 Å². The third kappa shape index (κ3) is 7.32. The Morgan fingerprint density at radius 3 is 2.42 bits per heavy atom.